The lowest BCUT2D eigenvalue weighted by Gasteiger charge is -2.25. The minimum absolute atomic E-state index is 0.126. The van der Waals surface area contributed by atoms with Gasteiger partial charge in [0.2, 0.25) is 5.95 Å². The third-order valence-corrected chi connectivity index (χ3v) is 5.89. The quantitative estimate of drug-likeness (QED) is 0.650. The van der Waals surface area contributed by atoms with Crippen LogP contribution in [0.4, 0.5) is 5.95 Å². The number of hydrogen-bond donors (Lipinski definition) is 2. The van der Waals surface area contributed by atoms with Gasteiger partial charge in [0.15, 0.2) is 0 Å². The van der Waals surface area contributed by atoms with Crippen molar-refractivity contribution in [3.8, 4) is 0 Å². The molecular weight excluding hydrogens is 392 g/mol. The number of nitrogens with zero attached hydrogens (tertiary/aromatic N) is 3. The van der Waals surface area contributed by atoms with Gasteiger partial charge < -0.3 is 10.4 Å². The molecule has 0 radical (unpaired) electrons. The second kappa shape index (κ2) is 7.37. The molecule has 0 spiro atoms. The molecule has 4 rings (SSSR count). The van der Waals surface area contributed by atoms with Crippen molar-refractivity contribution in [2.45, 2.75) is 50.7 Å². The van der Waals surface area contributed by atoms with Crippen LogP contribution in [0.25, 0.3) is 5.52 Å². The van der Waals surface area contributed by atoms with Crippen LogP contribution in [0.5, 0.6) is 0 Å². The molecule has 1 atom stereocenters. The average molecular weight is 415 g/mol. The highest BCUT2D eigenvalue weighted by atomic mass is 79.9. The van der Waals surface area contributed by atoms with Gasteiger partial charge in [-0.3, -0.25) is 0 Å². The number of anilines is 1. The van der Waals surface area contributed by atoms with Gasteiger partial charge >= 0.3 is 0 Å². The maximum atomic E-state index is 9.79. The van der Waals surface area contributed by atoms with Crippen LogP contribution in [0.3, 0.4) is 0 Å². The lowest BCUT2D eigenvalue weighted by Crippen LogP contribution is -2.18. The average Bonchev–Trinajstić information content (AvgIpc) is 2.99. The maximum Gasteiger partial charge on any atom is 0.241 e. The van der Waals surface area contributed by atoms with Crippen LogP contribution >= 0.6 is 15.9 Å². The molecule has 5 nitrogen and oxygen atoms in total. The molecule has 0 amide bonds. The summed E-state index contributed by atoms with van der Waals surface area (Å²) >= 11 is 3.64. The van der Waals surface area contributed by atoms with Crippen LogP contribution in [0.1, 0.15) is 55.8 Å². The molecule has 2 heterocycles. The first kappa shape index (κ1) is 17.5. The van der Waals surface area contributed by atoms with E-state index in [4.69, 9.17) is 5.10 Å². The van der Waals surface area contributed by atoms with Crippen LogP contribution in [0, 0.1) is 0 Å². The van der Waals surface area contributed by atoms with Crippen molar-refractivity contribution >= 4 is 27.4 Å². The molecule has 1 saturated carbocycles. The van der Waals surface area contributed by atoms with E-state index in [2.05, 4.69) is 51.4 Å². The standard InChI is InChI=1S/C20H23BrN4O/c1-13(14-5-3-2-4-6-14)23-20-22-12-19-17(21)11-18(25(19)24-20)15-7-9-16(26)10-8-15/h2-6,11-13,15-16,26H,7-10H2,1H3,(H,23,24)/t13-,15-,16-/m0/s1. The number of nitrogens with one attached hydrogen (secondary N) is 1. The van der Waals surface area contributed by atoms with Crippen LogP contribution in [-0.2, 0) is 0 Å². The van der Waals surface area contributed by atoms with Gasteiger partial charge in [-0.2, -0.15) is 0 Å². The minimum atomic E-state index is -0.153. The van der Waals surface area contributed by atoms with Gasteiger partial charge in [0.25, 0.3) is 0 Å². The van der Waals surface area contributed by atoms with Gasteiger partial charge in [0.1, 0.15) is 0 Å². The Hall–Kier alpha value is -1.92. The lowest BCUT2D eigenvalue weighted by molar-refractivity contribution is 0.121. The van der Waals surface area contributed by atoms with Gasteiger partial charge in [0.05, 0.1) is 23.9 Å². The monoisotopic (exact) mass is 414 g/mol. The molecule has 1 fully saturated rings. The Kier molecular flexibility index (Phi) is 4.96. The zero-order chi connectivity index (χ0) is 18.1. The largest absolute Gasteiger partial charge is 0.393 e. The van der Waals surface area contributed by atoms with Gasteiger partial charge in [-0.25, -0.2) is 9.50 Å². The summed E-state index contributed by atoms with van der Waals surface area (Å²) in [4.78, 5) is 4.49. The summed E-state index contributed by atoms with van der Waals surface area (Å²) in [6.45, 7) is 2.11. The molecule has 6 heteroatoms. The summed E-state index contributed by atoms with van der Waals surface area (Å²) in [7, 11) is 0. The molecule has 2 aromatic heterocycles. The fourth-order valence-electron chi connectivity index (χ4n) is 3.72. The summed E-state index contributed by atoms with van der Waals surface area (Å²) in [6, 6.07) is 12.6. The number of fused-ring (bicyclic) bond motifs is 1. The predicted octanol–water partition coefficient (Wildman–Crippen LogP) is 4.68. The van der Waals surface area contributed by atoms with E-state index < -0.39 is 0 Å². The number of benzene rings is 1. The van der Waals surface area contributed by atoms with Crippen molar-refractivity contribution in [2.75, 3.05) is 5.32 Å². The number of hydrogen-bond acceptors (Lipinski definition) is 4. The van der Waals surface area contributed by atoms with E-state index >= 15 is 0 Å². The highest BCUT2D eigenvalue weighted by Crippen LogP contribution is 2.36. The number of aliphatic hydroxyl groups is 1. The van der Waals surface area contributed by atoms with Crippen molar-refractivity contribution < 1.29 is 5.11 Å². The third kappa shape index (κ3) is 3.48. The first-order valence-electron chi connectivity index (χ1n) is 9.15. The number of halogens is 1. The van der Waals surface area contributed by atoms with Crippen molar-refractivity contribution in [3.05, 3.63) is 58.3 Å². The van der Waals surface area contributed by atoms with Crippen LogP contribution in [0.2, 0.25) is 0 Å². The molecule has 0 aliphatic heterocycles. The molecule has 1 aliphatic carbocycles. The van der Waals surface area contributed by atoms with Crippen LogP contribution < -0.4 is 5.32 Å². The molecule has 1 aromatic carbocycles. The fraction of sp³-hybridized carbons (Fsp3) is 0.400. The third-order valence-electron chi connectivity index (χ3n) is 5.26. The fourth-order valence-corrected chi connectivity index (χ4v) is 4.23. The van der Waals surface area contributed by atoms with Crippen LogP contribution in [0.15, 0.2) is 47.1 Å². The van der Waals surface area contributed by atoms with E-state index in [9.17, 15) is 5.11 Å². The smallest absolute Gasteiger partial charge is 0.241 e. The van der Waals surface area contributed by atoms with Crippen molar-refractivity contribution in [1.82, 2.24) is 14.6 Å². The number of aromatic nitrogens is 3. The Morgan fingerprint density at radius 2 is 1.92 bits per heavy atom. The summed E-state index contributed by atoms with van der Waals surface area (Å²) in [5, 5.41) is 17.9. The van der Waals surface area contributed by atoms with Gasteiger partial charge in [0, 0.05) is 16.1 Å². The maximum absolute atomic E-state index is 9.79. The Morgan fingerprint density at radius 3 is 2.65 bits per heavy atom. The SMILES string of the molecule is C[C@H](Nc1ncc2c(Br)cc([C@H]3CC[C@H](O)CC3)n2n1)c1ccccc1. The molecular formula is C20H23BrN4O. The second-order valence-corrected chi connectivity index (χ2v) is 7.93. The van der Waals surface area contributed by atoms with Crippen molar-refractivity contribution in [3.63, 3.8) is 0 Å². The molecule has 1 aliphatic rings. The number of aliphatic hydroxyl groups excluding tert-OH is 1. The van der Waals surface area contributed by atoms with Crippen LogP contribution in [-0.4, -0.2) is 25.8 Å². The minimum Gasteiger partial charge on any atom is -0.393 e. The summed E-state index contributed by atoms with van der Waals surface area (Å²) < 4.78 is 3.01. The molecule has 3 aromatic rings. The topological polar surface area (TPSA) is 62.5 Å². The molecule has 0 saturated heterocycles. The molecule has 136 valence electrons. The van der Waals surface area contributed by atoms with Gasteiger partial charge in [-0.05, 0) is 60.2 Å². The van der Waals surface area contributed by atoms with Gasteiger partial charge in [-0.1, -0.05) is 30.3 Å². The summed E-state index contributed by atoms with van der Waals surface area (Å²) in [5.74, 6) is 1.04. The Balaban J connectivity index is 1.62. The first-order valence-corrected chi connectivity index (χ1v) is 9.95. The van der Waals surface area contributed by atoms with E-state index in [0.29, 0.717) is 11.9 Å². The molecule has 0 unspecified atom stereocenters. The zero-order valence-corrected chi connectivity index (χ0v) is 16.4. The molecule has 26 heavy (non-hydrogen) atoms. The van der Waals surface area contributed by atoms with E-state index in [0.717, 1.165) is 35.7 Å². The highest BCUT2D eigenvalue weighted by molar-refractivity contribution is 9.10. The Bertz CT molecular complexity index is 887. The lowest BCUT2D eigenvalue weighted by atomic mass is 9.85. The van der Waals surface area contributed by atoms with E-state index in [-0.39, 0.29) is 12.1 Å². The normalized spacial score (nSPS) is 21.7. The predicted molar refractivity (Wildman–Crippen MR) is 106 cm³/mol. The highest BCUT2D eigenvalue weighted by Gasteiger charge is 2.24. The first-order chi connectivity index (χ1) is 12.6. The zero-order valence-electron chi connectivity index (χ0n) is 14.8. The van der Waals surface area contributed by atoms with Gasteiger partial charge in [-0.15, -0.1) is 5.10 Å². The van der Waals surface area contributed by atoms with E-state index in [1.165, 1.54) is 11.3 Å². The van der Waals surface area contributed by atoms with E-state index in [1.807, 2.05) is 28.9 Å². The summed E-state index contributed by atoms with van der Waals surface area (Å²) in [5.41, 5.74) is 3.37. The Labute approximate surface area is 161 Å². The van der Waals surface area contributed by atoms with Crippen molar-refractivity contribution in [2.24, 2.45) is 0 Å². The van der Waals surface area contributed by atoms with E-state index in [1.54, 1.807) is 0 Å². The Morgan fingerprint density at radius 1 is 1.19 bits per heavy atom. The summed E-state index contributed by atoms with van der Waals surface area (Å²) in [6.07, 6.45) is 5.41. The number of rotatable bonds is 4. The molecule has 2 N–H and O–H groups in total. The molecule has 0 bridgehead atoms. The van der Waals surface area contributed by atoms with Crippen molar-refractivity contribution in [1.29, 1.82) is 0 Å². The second-order valence-electron chi connectivity index (χ2n) is 7.08.